The maximum atomic E-state index is 13.7. The number of para-hydroxylation sites is 1. The maximum absolute atomic E-state index is 13.7. The summed E-state index contributed by atoms with van der Waals surface area (Å²) >= 11 is 3.52. The van der Waals surface area contributed by atoms with Gasteiger partial charge in [0.05, 0.1) is 44.4 Å². The Balaban J connectivity index is 1.63. The molecule has 1 aliphatic heterocycles. The summed E-state index contributed by atoms with van der Waals surface area (Å²) in [5, 5.41) is 0.518. The van der Waals surface area contributed by atoms with Crippen LogP contribution >= 0.6 is 15.9 Å². The molecule has 5 rings (SSSR count). The topological polar surface area (TPSA) is 68.5 Å². The van der Waals surface area contributed by atoms with Gasteiger partial charge in [-0.25, -0.2) is 8.93 Å². The van der Waals surface area contributed by atoms with Crippen molar-refractivity contribution < 1.29 is 13.4 Å². The Labute approximate surface area is 215 Å². The van der Waals surface area contributed by atoms with Gasteiger partial charge in [-0.1, -0.05) is 60.7 Å². The molecule has 1 atom stereocenters. The van der Waals surface area contributed by atoms with Crippen LogP contribution in [-0.4, -0.2) is 22.2 Å². The molecule has 0 aliphatic carbocycles. The Bertz CT molecular complexity index is 1470. The zero-order valence-corrected chi connectivity index (χ0v) is 22.2. The average molecular weight is 552 g/mol. The normalized spacial score (nSPS) is 16.1. The Morgan fingerprint density at radius 2 is 1.60 bits per heavy atom. The first-order valence-electron chi connectivity index (χ1n) is 11.4. The van der Waals surface area contributed by atoms with Crippen LogP contribution in [0.15, 0.2) is 86.5 Å². The second kappa shape index (κ2) is 9.13. The van der Waals surface area contributed by atoms with Gasteiger partial charge in [0.1, 0.15) is 11.3 Å². The van der Waals surface area contributed by atoms with Gasteiger partial charge >= 0.3 is 0 Å². The smallest absolute Gasteiger partial charge is 0.201 e. The molecule has 1 unspecified atom stereocenters. The fraction of sp³-hybridized carbons (Fsp3) is 0.250. The second-order valence-corrected chi connectivity index (χ2v) is 12.6. The third kappa shape index (κ3) is 4.42. The molecule has 0 spiro atoms. The first-order valence-corrected chi connectivity index (χ1v) is 13.3. The third-order valence-electron chi connectivity index (χ3n) is 6.17. The minimum Gasteiger partial charge on any atom is -0.454 e. The molecular formula is C28H26BrNO4S. The van der Waals surface area contributed by atoms with Crippen LogP contribution in [0, 0.1) is 0 Å². The van der Waals surface area contributed by atoms with Gasteiger partial charge in [0.15, 0.2) is 5.58 Å². The van der Waals surface area contributed by atoms with Crippen LogP contribution in [0.2, 0.25) is 0 Å². The predicted octanol–water partition coefficient (Wildman–Crippen LogP) is 6.17. The quantitative estimate of drug-likeness (QED) is 0.322. The number of nitrogens with one attached hydrogen (secondary N) is 1. The number of hydrogen-bond donors (Lipinski definition) is 1. The minimum absolute atomic E-state index is 0.0900. The van der Waals surface area contributed by atoms with Crippen molar-refractivity contribution in [2.75, 3.05) is 13.2 Å². The van der Waals surface area contributed by atoms with E-state index in [2.05, 4.69) is 20.7 Å². The molecule has 1 aromatic heterocycles. The van der Waals surface area contributed by atoms with Gasteiger partial charge in [-0.3, -0.25) is 4.79 Å². The predicted molar refractivity (Wildman–Crippen MR) is 145 cm³/mol. The van der Waals surface area contributed by atoms with Crippen LogP contribution in [0.25, 0.3) is 33.4 Å². The molecule has 5 nitrogen and oxygen atoms in total. The molecule has 0 saturated carbocycles. The van der Waals surface area contributed by atoms with Crippen LogP contribution in [0.3, 0.4) is 0 Å². The van der Waals surface area contributed by atoms with E-state index in [0.29, 0.717) is 35.5 Å². The van der Waals surface area contributed by atoms with E-state index in [1.54, 1.807) is 6.07 Å². The average Bonchev–Trinajstić information content (AvgIpc) is 2.82. The van der Waals surface area contributed by atoms with E-state index in [9.17, 15) is 9.00 Å². The van der Waals surface area contributed by atoms with E-state index in [1.807, 2.05) is 87.5 Å². The van der Waals surface area contributed by atoms with Crippen molar-refractivity contribution in [2.45, 2.75) is 31.1 Å². The summed E-state index contributed by atoms with van der Waals surface area (Å²) in [4.78, 5) is 13.7. The molecule has 2 heterocycles. The van der Waals surface area contributed by atoms with Crippen LogP contribution in [0.5, 0.6) is 0 Å². The van der Waals surface area contributed by atoms with Crippen molar-refractivity contribution in [3.05, 3.63) is 93.1 Å². The summed E-state index contributed by atoms with van der Waals surface area (Å²) in [7, 11) is -1.25. The highest BCUT2D eigenvalue weighted by atomic mass is 79.9. The highest BCUT2D eigenvalue weighted by Gasteiger charge is 2.43. The van der Waals surface area contributed by atoms with Crippen molar-refractivity contribution in [2.24, 2.45) is 0 Å². The van der Waals surface area contributed by atoms with Gasteiger partial charge in [-0.05, 0) is 60.0 Å². The van der Waals surface area contributed by atoms with Crippen molar-refractivity contribution in [3.8, 4) is 22.5 Å². The zero-order chi connectivity index (χ0) is 24.8. The standard InChI is InChI=1S/C28H26BrNO4S/c1-27(2,3)35(32)30-28(16-33-17-28)20-14-12-18(13-15-20)23-24(31)21-10-7-11-22(29)26(21)34-25(23)19-8-5-4-6-9-19/h4-15,30H,16-17H2,1-3H3. The number of benzene rings is 3. The summed E-state index contributed by atoms with van der Waals surface area (Å²) < 4.78 is 28.3. The molecule has 4 aromatic rings. The van der Waals surface area contributed by atoms with Gasteiger partial charge in [0.2, 0.25) is 5.43 Å². The van der Waals surface area contributed by atoms with Crippen molar-refractivity contribution in [1.82, 2.24) is 4.72 Å². The monoisotopic (exact) mass is 551 g/mol. The van der Waals surface area contributed by atoms with E-state index >= 15 is 0 Å². The molecule has 0 amide bonds. The molecule has 7 heteroatoms. The SMILES string of the molecule is CC(C)(C)S(=O)NC1(c2ccc(-c3c(-c4ccccc4)oc4c(Br)cccc4c3=O)cc2)COC1. The van der Waals surface area contributed by atoms with E-state index in [0.717, 1.165) is 21.2 Å². The first-order chi connectivity index (χ1) is 16.7. The van der Waals surface area contributed by atoms with Gasteiger partial charge in [-0.2, -0.15) is 0 Å². The third-order valence-corrected chi connectivity index (χ3v) is 8.49. The Hall–Kier alpha value is -2.58. The van der Waals surface area contributed by atoms with E-state index in [1.165, 1.54) is 0 Å². The lowest BCUT2D eigenvalue weighted by Crippen LogP contribution is -2.59. The lowest BCUT2D eigenvalue weighted by atomic mass is 9.87. The number of ether oxygens (including phenoxy) is 1. The summed E-state index contributed by atoms with van der Waals surface area (Å²) in [6, 6.07) is 22.9. The molecule has 1 fully saturated rings. The zero-order valence-electron chi connectivity index (χ0n) is 19.8. The number of rotatable bonds is 5. The molecule has 35 heavy (non-hydrogen) atoms. The van der Waals surface area contributed by atoms with E-state index in [4.69, 9.17) is 9.15 Å². The summed E-state index contributed by atoms with van der Waals surface area (Å²) in [6.07, 6.45) is 0. The molecule has 1 saturated heterocycles. The molecule has 0 bridgehead atoms. The summed E-state index contributed by atoms with van der Waals surface area (Å²) in [5.41, 5.74) is 2.99. The van der Waals surface area contributed by atoms with Crippen molar-refractivity contribution in [3.63, 3.8) is 0 Å². The van der Waals surface area contributed by atoms with Gasteiger partial charge < -0.3 is 9.15 Å². The number of hydrogen-bond acceptors (Lipinski definition) is 4. The molecule has 180 valence electrons. The molecule has 0 radical (unpaired) electrons. The van der Waals surface area contributed by atoms with E-state index < -0.39 is 21.3 Å². The highest BCUT2D eigenvalue weighted by molar-refractivity contribution is 9.10. The van der Waals surface area contributed by atoms with E-state index in [-0.39, 0.29) is 5.43 Å². The van der Waals surface area contributed by atoms with Gasteiger partial charge in [-0.15, -0.1) is 0 Å². The number of fused-ring (bicyclic) bond motifs is 1. The molecule has 1 aliphatic rings. The fourth-order valence-corrected chi connectivity index (χ4v) is 5.46. The molecule has 1 N–H and O–H groups in total. The van der Waals surface area contributed by atoms with Crippen LogP contribution < -0.4 is 10.2 Å². The molecular weight excluding hydrogens is 526 g/mol. The Morgan fingerprint density at radius 3 is 2.20 bits per heavy atom. The molecule has 3 aromatic carbocycles. The summed E-state index contributed by atoms with van der Waals surface area (Å²) in [6.45, 7) is 6.70. The first kappa shape index (κ1) is 24.1. The second-order valence-electron chi connectivity index (χ2n) is 9.75. The minimum atomic E-state index is -1.25. The highest BCUT2D eigenvalue weighted by Crippen LogP contribution is 2.37. The van der Waals surface area contributed by atoms with Crippen molar-refractivity contribution >= 4 is 37.9 Å². The Morgan fingerprint density at radius 1 is 0.914 bits per heavy atom. The lowest BCUT2D eigenvalue weighted by Gasteiger charge is -2.43. The van der Waals surface area contributed by atoms with Gasteiger partial charge in [0, 0.05) is 5.56 Å². The Kier molecular flexibility index (Phi) is 6.30. The summed E-state index contributed by atoms with van der Waals surface area (Å²) in [5.74, 6) is 0.524. The van der Waals surface area contributed by atoms with Crippen LogP contribution in [0.4, 0.5) is 0 Å². The lowest BCUT2D eigenvalue weighted by molar-refractivity contribution is -0.0659. The van der Waals surface area contributed by atoms with Crippen molar-refractivity contribution in [1.29, 1.82) is 0 Å². The fourth-order valence-electron chi connectivity index (χ4n) is 4.11. The van der Waals surface area contributed by atoms with Crippen LogP contribution in [-0.2, 0) is 21.3 Å². The van der Waals surface area contributed by atoms with Gasteiger partial charge in [0.25, 0.3) is 0 Å². The maximum Gasteiger partial charge on any atom is 0.201 e. The largest absolute Gasteiger partial charge is 0.454 e. The van der Waals surface area contributed by atoms with Crippen LogP contribution in [0.1, 0.15) is 26.3 Å². The number of halogens is 1.